The van der Waals surface area contributed by atoms with E-state index >= 15 is 0 Å². The Bertz CT molecular complexity index is 156. The molecule has 0 heterocycles. The number of alkyl halides is 3. The number of hydrogen-bond acceptors (Lipinski definition) is 0. The highest BCUT2D eigenvalue weighted by Gasteiger charge is 2.09. The third kappa shape index (κ3) is 7.23. The highest BCUT2D eigenvalue weighted by molar-refractivity contribution is 6.28. The van der Waals surface area contributed by atoms with E-state index in [0.29, 0.717) is 5.88 Å². The monoisotopic (exact) mass is 276 g/mol. The maximum Gasteiger partial charge on any atom is 0.0557 e. The third-order valence-corrected chi connectivity index (χ3v) is 3.25. The van der Waals surface area contributed by atoms with E-state index in [2.05, 4.69) is 0 Å². The van der Waals surface area contributed by atoms with Crippen molar-refractivity contribution in [2.24, 2.45) is 0 Å². The van der Waals surface area contributed by atoms with Crippen molar-refractivity contribution in [3.63, 3.8) is 0 Å². The number of allylic oxidation sites excluding steroid dienone is 1. The van der Waals surface area contributed by atoms with Gasteiger partial charge in [-0.05, 0) is 24.8 Å². The first-order valence-electron chi connectivity index (χ1n) is 4.81. The minimum Gasteiger partial charge on any atom is -0.127 e. The second-order valence-electron chi connectivity index (χ2n) is 3.13. The highest BCUT2D eigenvalue weighted by Crippen LogP contribution is 2.21. The average molecular weight is 278 g/mol. The molecule has 0 nitrogen and oxygen atoms in total. The molecule has 0 rings (SSSR count). The molecule has 0 aromatic heterocycles. The van der Waals surface area contributed by atoms with Crippen molar-refractivity contribution in [2.45, 2.75) is 37.5 Å². The Morgan fingerprint density at radius 2 is 1.79 bits per heavy atom. The molecule has 4 heteroatoms. The first kappa shape index (κ1) is 14.9. The quantitative estimate of drug-likeness (QED) is 0.425. The van der Waals surface area contributed by atoms with Gasteiger partial charge in [0.2, 0.25) is 0 Å². The van der Waals surface area contributed by atoms with Gasteiger partial charge in [-0.3, -0.25) is 0 Å². The van der Waals surface area contributed by atoms with E-state index in [-0.39, 0.29) is 5.38 Å². The van der Waals surface area contributed by atoms with Gasteiger partial charge in [-0.2, -0.15) is 0 Å². The topological polar surface area (TPSA) is 0 Å². The standard InChI is InChI=1S/C10H16Cl4/c11-6-3-1-2-4-10(14)9(8-13)5-7-12/h8,10H,1-7H2. The summed E-state index contributed by atoms with van der Waals surface area (Å²) in [7, 11) is 0. The van der Waals surface area contributed by atoms with Crippen molar-refractivity contribution in [3.8, 4) is 0 Å². The van der Waals surface area contributed by atoms with E-state index in [1.165, 1.54) is 0 Å². The molecule has 0 amide bonds. The van der Waals surface area contributed by atoms with Gasteiger partial charge in [-0.25, -0.2) is 0 Å². The van der Waals surface area contributed by atoms with Crippen LogP contribution >= 0.6 is 46.4 Å². The van der Waals surface area contributed by atoms with Crippen molar-refractivity contribution in [3.05, 3.63) is 11.1 Å². The maximum atomic E-state index is 6.16. The summed E-state index contributed by atoms with van der Waals surface area (Å²) in [5.74, 6) is 1.30. The smallest absolute Gasteiger partial charge is 0.0557 e. The zero-order valence-corrected chi connectivity index (χ0v) is 11.1. The fourth-order valence-electron chi connectivity index (χ4n) is 1.17. The fraction of sp³-hybridized carbons (Fsp3) is 0.800. The van der Waals surface area contributed by atoms with E-state index in [1.54, 1.807) is 5.54 Å². The normalized spacial score (nSPS) is 14.4. The Kier molecular flexibility index (Phi) is 11.1. The summed E-state index contributed by atoms with van der Waals surface area (Å²) in [5, 5.41) is 0.0292. The van der Waals surface area contributed by atoms with Crippen LogP contribution in [0.5, 0.6) is 0 Å². The Morgan fingerprint density at radius 1 is 1.07 bits per heavy atom. The number of rotatable bonds is 8. The van der Waals surface area contributed by atoms with Gasteiger partial charge in [0, 0.05) is 17.3 Å². The number of hydrogen-bond donors (Lipinski definition) is 0. The minimum atomic E-state index is 0.0292. The van der Waals surface area contributed by atoms with Crippen molar-refractivity contribution >= 4 is 46.4 Å². The summed E-state index contributed by atoms with van der Waals surface area (Å²) >= 11 is 23.0. The summed E-state index contributed by atoms with van der Waals surface area (Å²) in [6.45, 7) is 0. The molecular weight excluding hydrogens is 262 g/mol. The molecular formula is C10H16Cl4. The van der Waals surface area contributed by atoms with E-state index < -0.39 is 0 Å². The van der Waals surface area contributed by atoms with E-state index in [9.17, 15) is 0 Å². The molecule has 0 bridgehead atoms. The Balaban J connectivity index is 3.64. The highest BCUT2D eigenvalue weighted by atomic mass is 35.5. The molecule has 0 aliphatic carbocycles. The molecule has 0 aliphatic heterocycles. The summed E-state index contributed by atoms with van der Waals surface area (Å²) < 4.78 is 0. The van der Waals surface area contributed by atoms with Crippen LogP contribution in [0.1, 0.15) is 32.1 Å². The van der Waals surface area contributed by atoms with Gasteiger partial charge in [0.1, 0.15) is 0 Å². The predicted octanol–water partition coefficient (Wildman–Crippen LogP) is 5.14. The largest absolute Gasteiger partial charge is 0.127 e. The molecule has 0 aliphatic rings. The van der Waals surface area contributed by atoms with Gasteiger partial charge in [-0.15, -0.1) is 34.8 Å². The molecule has 0 saturated carbocycles. The maximum absolute atomic E-state index is 6.16. The van der Waals surface area contributed by atoms with Crippen LogP contribution in [0.2, 0.25) is 0 Å². The van der Waals surface area contributed by atoms with Gasteiger partial charge >= 0.3 is 0 Å². The second kappa shape index (κ2) is 10.4. The molecule has 1 atom stereocenters. The predicted molar refractivity (Wildman–Crippen MR) is 68.1 cm³/mol. The Morgan fingerprint density at radius 3 is 2.29 bits per heavy atom. The van der Waals surface area contributed by atoms with Crippen LogP contribution in [0.3, 0.4) is 0 Å². The van der Waals surface area contributed by atoms with Gasteiger partial charge in [0.15, 0.2) is 0 Å². The zero-order chi connectivity index (χ0) is 10.8. The lowest BCUT2D eigenvalue weighted by atomic mass is 10.1. The van der Waals surface area contributed by atoms with Crippen LogP contribution < -0.4 is 0 Å². The first-order chi connectivity index (χ1) is 6.76. The third-order valence-electron chi connectivity index (χ3n) is 2.02. The zero-order valence-electron chi connectivity index (χ0n) is 8.12. The molecule has 0 aromatic carbocycles. The average Bonchev–Trinajstić information content (AvgIpc) is 2.20. The lowest BCUT2D eigenvalue weighted by Gasteiger charge is -2.11. The Labute approximate surface area is 107 Å². The molecule has 84 valence electrons. The van der Waals surface area contributed by atoms with Crippen LogP contribution in [-0.2, 0) is 0 Å². The summed E-state index contributed by atoms with van der Waals surface area (Å²) in [4.78, 5) is 0. The van der Waals surface area contributed by atoms with Crippen LogP contribution in [-0.4, -0.2) is 17.1 Å². The Hall–Kier alpha value is 0.900. The summed E-state index contributed by atoms with van der Waals surface area (Å²) in [5.41, 5.74) is 2.59. The lowest BCUT2D eigenvalue weighted by Crippen LogP contribution is -2.03. The van der Waals surface area contributed by atoms with Crippen molar-refractivity contribution < 1.29 is 0 Å². The van der Waals surface area contributed by atoms with Crippen molar-refractivity contribution in [1.82, 2.24) is 0 Å². The first-order valence-corrected chi connectivity index (χ1v) is 6.75. The molecule has 1 unspecified atom stereocenters. The molecule has 0 N–H and O–H groups in total. The van der Waals surface area contributed by atoms with Gasteiger partial charge < -0.3 is 0 Å². The van der Waals surface area contributed by atoms with E-state index in [1.807, 2.05) is 0 Å². The second-order valence-corrected chi connectivity index (χ2v) is 4.63. The SMILES string of the molecule is ClC=C(CCCl)C(Cl)CCCCCCl. The summed E-state index contributed by atoms with van der Waals surface area (Å²) in [6, 6.07) is 0. The van der Waals surface area contributed by atoms with Gasteiger partial charge in [0.05, 0.1) is 5.38 Å². The van der Waals surface area contributed by atoms with Gasteiger partial charge in [-0.1, -0.05) is 24.4 Å². The van der Waals surface area contributed by atoms with Crippen LogP contribution in [0.15, 0.2) is 11.1 Å². The molecule has 0 radical (unpaired) electrons. The molecule has 0 spiro atoms. The fourth-order valence-corrected chi connectivity index (χ4v) is 2.23. The van der Waals surface area contributed by atoms with E-state index in [4.69, 9.17) is 46.4 Å². The van der Waals surface area contributed by atoms with Crippen LogP contribution in [0.4, 0.5) is 0 Å². The number of halogens is 4. The molecule has 0 aromatic rings. The molecule has 0 fully saturated rings. The summed E-state index contributed by atoms with van der Waals surface area (Å²) in [6.07, 6.45) is 5.00. The lowest BCUT2D eigenvalue weighted by molar-refractivity contribution is 0.665. The number of unbranched alkanes of at least 4 members (excludes halogenated alkanes) is 2. The van der Waals surface area contributed by atoms with Gasteiger partial charge in [0.25, 0.3) is 0 Å². The molecule has 14 heavy (non-hydrogen) atoms. The minimum absolute atomic E-state index is 0.0292. The van der Waals surface area contributed by atoms with Crippen LogP contribution in [0.25, 0.3) is 0 Å². The van der Waals surface area contributed by atoms with Crippen LogP contribution in [0, 0.1) is 0 Å². The van der Waals surface area contributed by atoms with Crippen molar-refractivity contribution in [2.75, 3.05) is 11.8 Å². The molecule has 0 saturated heterocycles. The van der Waals surface area contributed by atoms with Crippen molar-refractivity contribution in [1.29, 1.82) is 0 Å². The van der Waals surface area contributed by atoms with E-state index in [0.717, 1.165) is 43.6 Å².